The summed E-state index contributed by atoms with van der Waals surface area (Å²) in [7, 11) is -2.22. The van der Waals surface area contributed by atoms with Crippen LogP contribution >= 0.6 is 0 Å². The van der Waals surface area contributed by atoms with Gasteiger partial charge in [0.1, 0.15) is 11.6 Å². The Hall–Kier alpha value is -2.60. The summed E-state index contributed by atoms with van der Waals surface area (Å²) < 4.78 is 44.9. The molecule has 12 heteroatoms. The van der Waals surface area contributed by atoms with Crippen molar-refractivity contribution in [1.29, 1.82) is 0 Å². The summed E-state index contributed by atoms with van der Waals surface area (Å²) in [5, 5.41) is 12.6. The lowest BCUT2D eigenvalue weighted by Crippen LogP contribution is -2.27. The molecule has 0 fully saturated rings. The van der Waals surface area contributed by atoms with Crippen molar-refractivity contribution in [2.24, 2.45) is 5.92 Å². The third-order valence-corrected chi connectivity index (χ3v) is 4.91. The first-order valence-electron chi connectivity index (χ1n) is 9.80. The highest BCUT2D eigenvalue weighted by molar-refractivity contribution is 7.91. The van der Waals surface area contributed by atoms with E-state index in [4.69, 9.17) is 4.74 Å². The van der Waals surface area contributed by atoms with Gasteiger partial charge in [-0.25, -0.2) is 17.8 Å². The minimum absolute atomic E-state index is 0.122. The second-order valence-electron chi connectivity index (χ2n) is 7.78. The number of hydrogen-bond acceptors (Lipinski definition) is 9. The quantitative estimate of drug-likeness (QED) is 0.463. The predicted molar refractivity (Wildman–Crippen MR) is 115 cm³/mol. The second kappa shape index (κ2) is 10.6. The standard InChI is InChI=1S/C19H29FN6O4S/c1-11(2)6-13(10-27)22-18-23-16(24-19(25-18)26-31(5,28)29)7-12(3)14-9-21-17(30-4)8-15(14)20/h8-9,11-13,27H,6-7,10H2,1-5H3,(H2,22,23,24,25,26)/t12?,13-/m1/s1. The predicted octanol–water partition coefficient (Wildman–Crippen LogP) is 1.95. The second-order valence-corrected chi connectivity index (χ2v) is 9.53. The van der Waals surface area contributed by atoms with Gasteiger partial charge in [0.2, 0.25) is 27.8 Å². The molecule has 10 nitrogen and oxygen atoms in total. The average Bonchev–Trinajstić information content (AvgIpc) is 2.65. The maximum atomic E-state index is 14.4. The van der Waals surface area contributed by atoms with Crippen LogP contribution in [0.2, 0.25) is 0 Å². The zero-order chi connectivity index (χ0) is 23.2. The van der Waals surface area contributed by atoms with Gasteiger partial charge >= 0.3 is 0 Å². The summed E-state index contributed by atoms with van der Waals surface area (Å²) in [4.78, 5) is 16.6. The Morgan fingerprint density at radius 3 is 2.42 bits per heavy atom. The van der Waals surface area contributed by atoms with Crippen molar-refractivity contribution in [3.8, 4) is 5.88 Å². The summed E-state index contributed by atoms with van der Waals surface area (Å²) >= 11 is 0. The SMILES string of the molecule is COc1cc(F)c(C(C)Cc2nc(N[C@@H](CO)CC(C)C)nc(NS(C)(=O)=O)n2)cn1. The number of nitrogens with one attached hydrogen (secondary N) is 2. The summed E-state index contributed by atoms with van der Waals surface area (Å²) in [5.41, 5.74) is 0.349. The normalized spacial score (nSPS) is 13.7. The number of rotatable bonds is 11. The number of methoxy groups -OCH3 is 1. The summed E-state index contributed by atoms with van der Waals surface area (Å²) in [6, 6.07) is 0.877. The Balaban J connectivity index is 2.33. The van der Waals surface area contributed by atoms with Crippen LogP contribution in [0.4, 0.5) is 16.3 Å². The van der Waals surface area contributed by atoms with Gasteiger partial charge in [0.25, 0.3) is 0 Å². The van der Waals surface area contributed by atoms with E-state index in [1.54, 1.807) is 6.92 Å². The van der Waals surface area contributed by atoms with Crippen LogP contribution in [0.1, 0.15) is 44.5 Å². The zero-order valence-electron chi connectivity index (χ0n) is 18.3. The van der Waals surface area contributed by atoms with Crippen molar-refractivity contribution in [2.75, 3.05) is 30.0 Å². The molecule has 0 aliphatic carbocycles. The molecule has 1 unspecified atom stereocenters. The van der Waals surface area contributed by atoms with Gasteiger partial charge in [-0.3, -0.25) is 4.72 Å². The van der Waals surface area contributed by atoms with Crippen LogP contribution in [-0.4, -0.2) is 59.5 Å². The van der Waals surface area contributed by atoms with Gasteiger partial charge < -0.3 is 15.2 Å². The van der Waals surface area contributed by atoms with E-state index in [0.29, 0.717) is 17.9 Å². The van der Waals surface area contributed by atoms with E-state index in [1.165, 1.54) is 19.4 Å². The number of ether oxygens (including phenoxy) is 1. The molecule has 3 N–H and O–H groups in total. The first-order valence-corrected chi connectivity index (χ1v) is 11.7. The van der Waals surface area contributed by atoms with Crippen LogP contribution in [-0.2, 0) is 16.4 Å². The van der Waals surface area contributed by atoms with Crippen LogP contribution < -0.4 is 14.8 Å². The molecule has 0 aliphatic rings. The van der Waals surface area contributed by atoms with Crippen molar-refractivity contribution in [3.05, 3.63) is 29.5 Å². The maximum absolute atomic E-state index is 14.4. The lowest BCUT2D eigenvalue weighted by molar-refractivity contribution is 0.259. The van der Waals surface area contributed by atoms with Gasteiger partial charge in [0.15, 0.2) is 0 Å². The molecule has 2 rings (SSSR count). The van der Waals surface area contributed by atoms with Crippen LogP contribution in [0, 0.1) is 11.7 Å². The fourth-order valence-electron chi connectivity index (χ4n) is 3.00. The van der Waals surface area contributed by atoms with E-state index in [0.717, 1.165) is 6.26 Å². The minimum atomic E-state index is -3.62. The highest BCUT2D eigenvalue weighted by Gasteiger charge is 2.19. The van der Waals surface area contributed by atoms with E-state index in [1.807, 2.05) is 13.8 Å². The molecule has 2 heterocycles. The lowest BCUT2D eigenvalue weighted by Gasteiger charge is -2.19. The highest BCUT2D eigenvalue weighted by Crippen LogP contribution is 2.24. The number of aliphatic hydroxyl groups is 1. The van der Waals surface area contributed by atoms with Gasteiger partial charge in [0, 0.05) is 24.2 Å². The Kier molecular flexibility index (Phi) is 8.45. The number of sulfonamides is 1. The number of nitrogens with zero attached hydrogens (tertiary/aromatic N) is 4. The molecule has 31 heavy (non-hydrogen) atoms. The Morgan fingerprint density at radius 2 is 1.87 bits per heavy atom. The van der Waals surface area contributed by atoms with Crippen LogP contribution in [0.5, 0.6) is 5.88 Å². The van der Waals surface area contributed by atoms with Crippen molar-refractivity contribution in [2.45, 2.75) is 45.6 Å². The van der Waals surface area contributed by atoms with Gasteiger partial charge in [0.05, 0.1) is 26.0 Å². The Morgan fingerprint density at radius 1 is 1.19 bits per heavy atom. The molecule has 2 atom stereocenters. The zero-order valence-corrected chi connectivity index (χ0v) is 19.1. The molecule has 0 spiro atoms. The third kappa shape index (κ3) is 7.87. The number of halogens is 1. The van der Waals surface area contributed by atoms with Crippen LogP contribution in [0.3, 0.4) is 0 Å². The lowest BCUT2D eigenvalue weighted by atomic mass is 9.98. The van der Waals surface area contributed by atoms with E-state index in [-0.39, 0.29) is 48.6 Å². The van der Waals surface area contributed by atoms with E-state index in [2.05, 4.69) is 30.0 Å². The maximum Gasteiger partial charge on any atom is 0.241 e. The Bertz CT molecular complexity index is 989. The van der Waals surface area contributed by atoms with Gasteiger partial charge in [-0.05, 0) is 18.3 Å². The number of hydrogen-bond donors (Lipinski definition) is 3. The Labute approximate surface area is 181 Å². The molecular formula is C19H29FN6O4S. The fourth-order valence-corrected chi connectivity index (χ4v) is 3.42. The molecule has 0 aromatic carbocycles. The van der Waals surface area contributed by atoms with Gasteiger partial charge in [-0.2, -0.15) is 15.0 Å². The largest absolute Gasteiger partial charge is 0.481 e. The number of aromatic nitrogens is 4. The third-order valence-electron chi connectivity index (χ3n) is 4.35. The van der Waals surface area contributed by atoms with Crippen LogP contribution in [0.15, 0.2) is 12.3 Å². The molecule has 0 bridgehead atoms. The number of anilines is 2. The van der Waals surface area contributed by atoms with Gasteiger partial charge in [-0.15, -0.1) is 0 Å². The average molecular weight is 457 g/mol. The minimum Gasteiger partial charge on any atom is -0.481 e. The van der Waals surface area contributed by atoms with Crippen molar-refractivity contribution < 1.29 is 22.7 Å². The molecule has 0 radical (unpaired) electrons. The van der Waals surface area contributed by atoms with Crippen molar-refractivity contribution in [1.82, 2.24) is 19.9 Å². The molecular weight excluding hydrogens is 427 g/mol. The first-order chi connectivity index (χ1) is 14.5. The molecule has 0 saturated heterocycles. The molecule has 0 saturated carbocycles. The number of aliphatic hydroxyl groups excluding tert-OH is 1. The smallest absolute Gasteiger partial charge is 0.241 e. The van der Waals surface area contributed by atoms with Crippen molar-refractivity contribution >= 4 is 21.9 Å². The van der Waals surface area contributed by atoms with E-state index >= 15 is 0 Å². The van der Waals surface area contributed by atoms with Gasteiger partial charge in [-0.1, -0.05) is 20.8 Å². The van der Waals surface area contributed by atoms with Crippen molar-refractivity contribution in [3.63, 3.8) is 0 Å². The molecule has 0 amide bonds. The topological polar surface area (TPSA) is 139 Å². The highest BCUT2D eigenvalue weighted by atomic mass is 32.2. The fraction of sp³-hybridized carbons (Fsp3) is 0.579. The first kappa shape index (κ1) is 24.7. The monoisotopic (exact) mass is 456 g/mol. The molecule has 2 aromatic heterocycles. The van der Waals surface area contributed by atoms with E-state index in [9.17, 15) is 17.9 Å². The molecule has 172 valence electrons. The molecule has 0 aliphatic heterocycles. The van der Waals surface area contributed by atoms with Crippen LogP contribution in [0.25, 0.3) is 0 Å². The summed E-state index contributed by atoms with van der Waals surface area (Å²) in [5.74, 6) is -0.131. The van der Waals surface area contributed by atoms with E-state index < -0.39 is 15.8 Å². The molecule has 2 aromatic rings. The summed E-state index contributed by atoms with van der Waals surface area (Å²) in [6.07, 6.45) is 3.24. The number of pyridine rings is 1. The summed E-state index contributed by atoms with van der Waals surface area (Å²) in [6.45, 7) is 5.66.